The highest BCUT2D eigenvalue weighted by molar-refractivity contribution is 9.10. The smallest absolute Gasteiger partial charge is 0.341 e. The second kappa shape index (κ2) is 8.07. The van der Waals surface area contributed by atoms with E-state index in [9.17, 15) is 4.79 Å². The Balaban J connectivity index is 2.10. The van der Waals surface area contributed by atoms with Crippen LogP contribution in [0.1, 0.15) is 11.1 Å². The van der Waals surface area contributed by atoms with Crippen molar-refractivity contribution >= 4 is 45.1 Å². The van der Waals surface area contributed by atoms with Crippen LogP contribution in [0.3, 0.4) is 0 Å². The van der Waals surface area contributed by atoms with Crippen molar-refractivity contribution in [3.63, 3.8) is 0 Å². The summed E-state index contributed by atoms with van der Waals surface area (Å²) in [5, 5.41) is 13.6. The second-order valence-corrected chi connectivity index (χ2v) is 6.94. The van der Waals surface area contributed by atoms with Gasteiger partial charge in [0.1, 0.15) is 5.75 Å². The molecule has 0 spiro atoms. The van der Waals surface area contributed by atoms with Crippen molar-refractivity contribution in [2.24, 2.45) is 0 Å². The van der Waals surface area contributed by atoms with E-state index in [-0.39, 0.29) is 5.89 Å². The van der Waals surface area contributed by atoms with Crippen LogP contribution in [0.15, 0.2) is 45.7 Å². The predicted octanol–water partition coefficient (Wildman–Crippen LogP) is 4.86. The van der Waals surface area contributed by atoms with Gasteiger partial charge in [0.2, 0.25) is 0 Å². The molecule has 3 rings (SSSR count). The van der Waals surface area contributed by atoms with Gasteiger partial charge in [0, 0.05) is 20.9 Å². The van der Waals surface area contributed by atoms with E-state index in [4.69, 9.17) is 37.6 Å². The fraction of sp³-hybridized carbons (Fsp3) is 0.118. The molecule has 0 bridgehead atoms. The van der Waals surface area contributed by atoms with Crippen LogP contribution < -0.4 is 4.74 Å². The molecule has 0 unspecified atom stereocenters. The SMILES string of the molecule is O=C(O)COc1ccc(Br)c(Cc2ccc(Cl)cc2Cl)c1-c1ncno1. The highest BCUT2D eigenvalue weighted by atomic mass is 79.9. The lowest BCUT2D eigenvalue weighted by molar-refractivity contribution is -0.139. The molecule has 0 atom stereocenters. The van der Waals surface area contributed by atoms with Crippen molar-refractivity contribution in [1.82, 2.24) is 10.1 Å². The van der Waals surface area contributed by atoms with Crippen LogP contribution in [0.5, 0.6) is 5.75 Å². The first kappa shape index (κ1) is 18.7. The van der Waals surface area contributed by atoms with Crippen molar-refractivity contribution in [2.75, 3.05) is 6.61 Å². The van der Waals surface area contributed by atoms with Crippen molar-refractivity contribution in [3.05, 3.63) is 62.3 Å². The fourth-order valence-corrected chi connectivity index (χ4v) is 3.35. The minimum atomic E-state index is -1.09. The Kier molecular flexibility index (Phi) is 5.80. The van der Waals surface area contributed by atoms with Gasteiger partial charge in [0.05, 0.1) is 5.56 Å². The van der Waals surface area contributed by atoms with Gasteiger partial charge in [-0.15, -0.1) is 0 Å². The molecule has 1 aromatic heterocycles. The molecule has 0 saturated heterocycles. The van der Waals surface area contributed by atoms with Gasteiger partial charge in [-0.2, -0.15) is 4.98 Å². The second-order valence-electron chi connectivity index (χ2n) is 5.24. The van der Waals surface area contributed by atoms with Gasteiger partial charge >= 0.3 is 5.97 Å². The number of hydrogen-bond donors (Lipinski definition) is 1. The Morgan fingerprint density at radius 2 is 2.08 bits per heavy atom. The first-order valence-electron chi connectivity index (χ1n) is 7.32. The van der Waals surface area contributed by atoms with E-state index in [2.05, 4.69) is 26.1 Å². The van der Waals surface area contributed by atoms with Crippen LogP contribution in [0.4, 0.5) is 0 Å². The molecule has 0 radical (unpaired) electrons. The van der Waals surface area contributed by atoms with E-state index < -0.39 is 12.6 Å². The summed E-state index contributed by atoms with van der Waals surface area (Å²) in [6.45, 7) is -0.496. The topological polar surface area (TPSA) is 85.5 Å². The predicted molar refractivity (Wildman–Crippen MR) is 99.8 cm³/mol. The molecule has 0 amide bonds. The Hall–Kier alpha value is -2.09. The lowest BCUT2D eigenvalue weighted by Crippen LogP contribution is -2.11. The van der Waals surface area contributed by atoms with Gasteiger partial charge in [0.15, 0.2) is 12.9 Å². The summed E-state index contributed by atoms with van der Waals surface area (Å²) in [5.74, 6) is -0.557. The normalized spacial score (nSPS) is 10.7. The summed E-state index contributed by atoms with van der Waals surface area (Å²) in [5.41, 5.74) is 2.10. The zero-order valence-electron chi connectivity index (χ0n) is 13.1. The highest BCUT2D eigenvalue weighted by Gasteiger charge is 2.21. The zero-order valence-corrected chi connectivity index (χ0v) is 16.2. The first-order valence-corrected chi connectivity index (χ1v) is 8.87. The minimum Gasteiger partial charge on any atom is -0.481 e. The van der Waals surface area contributed by atoms with Gasteiger partial charge in [-0.1, -0.05) is 50.4 Å². The third kappa shape index (κ3) is 4.17. The van der Waals surface area contributed by atoms with Gasteiger partial charge in [-0.3, -0.25) is 0 Å². The number of halogens is 3. The molecule has 26 heavy (non-hydrogen) atoms. The van der Waals surface area contributed by atoms with Crippen LogP contribution in [0, 0.1) is 0 Å². The number of ether oxygens (including phenoxy) is 1. The van der Waals surface area contributed by atoms with E-state index in [1.54, 1.807) is 24.3 Å². The number of aromatic nitrogens is 2. The van der Waals surface area contributed by atoms with Crippen LogP contribution in [0.2, 0.25) is 10.0 Å². The standard InChI is InChI=1S/C17H11BrCl2N2O4/c18-12-3-4-14(25-7-15(23)24)16(17-21-8-22-26-17)11(12)5-9-1-2-10(19)6-13(9)20/h1-4,6,8H,5,7H2,(H,23,24). The van der Waals surface area contributed by atoms with E-state index in [0.717, 1.165) is 15.6 Å². The molecule has 1 heterocycles. The molecule has 1 N–H and O–H groups in total. The van der Waals surface area contributed by atoms with Crippen molar-refractivity contribution in [1.29, 1.82) is 0 Å². The number of carboxylic acid groups (broad SMARTS) is 1. The number of benzene rings is 2. The van der Waals surface area contributed by atoms with E-state index in [1.807, 2.05) is 6.07 Å². The zero-order chi connectivity index (χ0) is 18.7. The molecule has 0 aliphatic rings. The van der Waals surface area contributed by atoms with Crippen LogP contribution in [-0.4, -0.2) is 27.8 Å². The van der Waals surface area contributed by atoms with Gasteiger partial charge in [-0.25, -0.2) is 4.79 Å². The molecule has 0 fully saturated rings. The maximum atomic E-state index is 10.9. The molecule has 3 aromatic rings. The number of nitrogens with zero attached hydrogens (tertiary/aromatic N) is 2. The Morgan fingerprint density at radius 1 is 1.27 bits per heavy atom. The highest BCUT2D eigenvalue weighted by Crippen LogP contribution is 2.39. The quantitative estimate of drug-likeness (QED) is 0.568. The van der Waals surface area contributed by atoms with Crippen LogP contribution in [-0.2, 0) is 11.2 Å². The number of rotatable bonds is 6. The number of carbonyl (C=O) groups is 1. The van der Waals surface area contributed by atoms with Crippen LogP contribution >= 0.6 is 39.1 Å². The molecular weight excluding hydrogens is 447 g/mol. The number of carboxylic acids is 1. The van der Waals surface area contributed by atoms with E-state index in [0.29, 0.717) is 27.8 Å². The molecule has 6 nitrogen and oxygen atoms in total. The Morgan fingerprint density at radius 3 is 2.73 bits per heavy atom. The average molecular weight is 458 g/mol. The lowest BCUT2D eigenvalue weighted by Gasteiger charge is -2.15. The maximum Gasteiger partial charge on any atom is 0.341 e. The largest absolute Gasteiger partial charge is 0.481 e. The molecule has 0 saturated carbocycles. The number of aliphatic carboxylic acids is 1. The van der Waals surface area contributed by atoms with Gasteiger partial charge in [-0.05, 0) is 35.4 Å². The van der Waals surface area contributed by atoms with Crippen molar-refractivity contribution < 1.29 is 19.2 Å². The van der Waals surface area contributed by atoms with Gasteiger partial charge in [0.25, 0.3) is 5.89 Å². The summed E-state index contributed by atoms with van der Waals surface area (Å²) in [6, 6.07) is 8.62. The third-order valence-electron chi connectivity index (χ3n) is 3.53. The number of hydrogen-bond acceptors (Lipinski definition) is 5. The summed E-state index contributed by atoms with van der Waals surface area (Å²) in [6.07, 6.45) is 1.68. The van der Waals surface area contributed by atoms with Crippen molar-refractivity contribution in [2.45, 2.75) is 6.42 Å². The third-order valence-corrected chi connectivity index (χ3v) is 4.86. The summed E-state index contributed by atoms with van der Waals surface area (Å²) in [4.78, 5) is 14.9. The fourth-order valence-electron chi connectivity index (χ4n) is 2.41. The lowest BCUT2D eigenvalue weighted by atomic mass is 9.98. The van der Waals surface area contributed by atoms with E-state index >= 15 is 0 Å². The molecule has 2 aromatic carbocycles. The monoisotopic (exact) mass is 456 g/mol. The van der Waals surface area contributed by atoms with Crippen LogP contribution in [0.25, 0.3) is 11.5 Å². The molecule has 0 aliphatic heterocycles. The summed E-state index contributed by atoms with van der Waals surface area (Å²) < 4.78 is 11.4. The molecule has 134 valence electrons. The Bertz CT molecular complexity index is 948. The Labute approximate surface area is 166 Å². The van der Waals surface area contributed by atoms with Gasteiger partial charge < -0.3 is 14.4 Å². The molecular formula is C17H11BrCl2N2O4. The average Bonchev–Trinajstić information content (AvgIpc) is 3.11. The summed E-state index contributed by atoms with van der Waals surface area (Å²) in [7, 11) is 0. The van der Waals surface area contributed by atoms with Crippen molar-refractivity contribution in [3.8, 4) is 17.2 Å². The maximum absolute atomic E-state index is 10.9. The molecule has 0 aliphatic carbocycles. The minimum absolute atomic E-state index is 0.215. The van der Waals surface area contributed by atoms with E-state index in [1.165, 1.54) is 6.33 Å². The molecule has 9 heteroatoms. The first-order chi connectivity index (χ1) is 12.5. The summed E-state index contributed by atoms with van der Waals surface area (Å²) >= 11 is 15.8.